The van der Waals surface area contributed by atoms with E-state index in [0.717, 1.165) is 31.5 Å². The van der Waals surface area contributed by atoms with Crippen LogP contribution in [0.5, 0.6) is 0 Å². The van der Waals surface area contributed by atoms with Gasteiger partial charge in [-0.3, -0.25) is 9.69 Å². The van der Waals surface area contributed by atoms with E-state index in [2.05, 4.69) is 51.1 Å². The maximum atomic E-state index is 12.9. The van der Waals surface area contributed by atoms with Crippen LogP contribution in [0.4, 0.5) is 0 Å². The Morgan fingerprint density at radius 2 is 1.85 bits per heavy atom. The molecule has 27 heavy (non-hydrogen) atoms. The van der Waals surface area contributed by atoms with Crippen LogP contribution in [0.1, 0.15) is 68.1 Å². The van der Waals surface area contributed by atoms with Gasteiger partial charge >= 0.3 is 0 Å². The summed E-state index contributed by atoms with van der Waals surface area (Å²) >= 11 is 0. The summed E-state index contributed by atoms with van der Waals surface area (Å²) in [5.41, 5.74) is 3.24. The summed E-state index contributed by atoms with van der Waals surface area (Å²) in [6, 6.07) is 11.0. The van der Waals surface area contributed by atoms with Crippen molar-refractivity contribution < 1.29 is 9.21 Å². The molecule has 1 aromatic heterocycles. The highest BCUT2D eigenvalue weighted by Gasteiger charge is 2.26. The van der Waals surface area contributed by atoms with Crippen LogP contribution in [0, 0.1) is 6.42 Å². The fourth-order valence-corrected chi connectivity index (χ4v) is 4.05. The number of hydrogen-bond donors (Lipinski definition) is 0. The third-order valence-electron chi connectivity index (χ3n) is 5.31. The van der Waals surface area contributed by atoms with E-state index in [1.54, 1.807) is 6.26 Å². The van der Waals surface area contributed by atoms with Crippen LogP contribution in [0.3, 0.4) is 0 Å². The van der Waals surface area contributed by atoms with Gasteiger partial charge in [-0.15, -0.1) is 0 Å². The predicted molar refractivity (Wildman–Crippen MR) is 108 cm³/mol. The van der Waals surface area contributed by atoms with Crippen molar-refractivity contribution in [2.75, 3.05) is 6.54 Å². The Kier molecular flexibility index (Phi) is 6.38. The molecular weight excluding hydrogens is 336 g/mol. The molecule has 1 aliphatic heterocycles. The number of nitrogens with zero attached hydrogens (tertiary/aromatic N) is 2. The predicted octanol–water partition coefficient (Wildman–Crippen LogP) is 5.08. The summed E-state index contributed by atoms with van der Waals surface area (Å²) in [4.78, 5) is 17.3. The van der Waals surface area contributed by atoms with Crippen LogP contribution in [0.15, 0.2) is 47.3 Å². The van der Waals surface area contributed by atoms with E-state index in [-0.39, 0.29) is 18.0 Å². The van der Waals surface area contributed by atoms with Crippen LogP contribution < -0.4 is 0 Å². The summed E-state index contributed by atoms with van der Waals surface area (Å²) < 4.78 is 5.22. The minimum atomic E-state index is 0.108. The van der Waals surface area contributed by atoms with E-state index >= 15 is 0 Å². The first-order valence-corrected chi connectivity index (χ1v) is 9.96. The molecule has 0 saturated carbocycles. The van der Waals surface area contributed by atoms with Crippen LogP contribution in [-0.2, 0) is 6.54 Å². The van der Waals surface area contributed by atoms with Crippen LogP contribution >= 0.6 is 0 Å². The molecule has 1 saturated heterocycles. The van der Waals surface area contributed by atoms with Gasteiger partial charge < -0.3 is 9.32 Å². The molecule has 0 spiro atoms. The van der Waals surface area contributed by atoms with Crippen molar-refractivity contribution in [2.45, 2.75) is 65.2 Å². The van der Waals surface area contributed by atoms with E-state index in [1.807, 2.05) is 29.4 Å². The maximum absolute atomic E-state index is 12.9. The zero-order valence-electron chi connectivity index (χ0n) is 16.9. The highest BCUT2D eigenvalue weighted by atomic mass is 16.3. The molecule has 4 heteroatoms. The lowest BCUT2D eigenvalue weighted by molar-refractivity contribution is 0.0643. The quantitative estimate of drug-likeness (QED) is 0.714. The zero-order valence-corrected chi connectivity index (χ0v) is 16.9. The van der Waals surface area contributed by atoms with E-state index in [9.17, 15) is 4.79 Å². The summed E-state index contributed by atoms with van der Waals surface area (Å²) in [5.74, 6) is 0.108. The Labute approximate surface area is 163 Å². The van der Waals surface area contributed by atoms with Crippen LogP contribution in [0.2, 0.25) is 0 Å². The SMILES string of the molecule is CC(C)N(C(=O)c1ccc(C2C[CH]CCN2Cc2ccoc2)cc1)C(C)C. The number of benzene rings is 1. The first-order chi connectivity index (χ1) is 13.0. The Hall–Kier alpha value is -2.07. The molecule has 2 aromatic rings. The van der Waals surface area contributed by atoms with Crippen molar-refractivity contribution in [2.24, 2.45) is 0 Å². The number of furan rings is 1. The highest BCUT2D eigenvalue weighted by molar-refractivity contribution is 5.94. The fraction of sp³-hybridized carbons (Fsp3) is 0.478. The molecule has 1 amide bonds. The number of hydrogen-bond acceptors (Lipinski definition) is 3. The van der Waals surface area contributed by atoms with Crippen molar-refractivity contribution >= 4 is 5.91 Å². The standard InChI is InChI=1S/C23H31N2O2/c1-17(2)25(18(3)4)23(26)21-10-8-20(9-11-21)22-7-5-6-13-24(22)15-19-12-14-27-16-19/h5,8-12,14,16-18,22H,6-7,13,15H2,1-4H3. The summed E-state index contributed by atoms with van der Waals surface area (Å²) in [5, 5.41) is 0. The van der Waals surface area contributed by atoms with Crippen molar-refractivity contribution in [3.05, 3.63) is 66.0 Å². The largest absolute Gasteiger partial charge is 0.472 e. The average molecular weight is 368 g/mol. The molecule has 1 atom stereocenters. The van der Waals surface area contributed by atoms with E-state index in [0.29, 0.717) is 6.04 Å². The topological polar surface area (TPSA) is 36.7 Å². The Morgan fingerprint density at radius 1 is 1.15 bits per heavy atom. The second kappa shape index (κ2) is 8.75. The van der Waals surface area contributed by atoms with Gasteiger partial charge in [0.2, 0.25) is 0 Å². The molecule has 0 aliphatic carbocycles. The number of rotatable bonds is 6. The Bertz CT molecular complexity index is 711. The monoisotopic (exact) mass is 367 g/mol. The molecule has 2 heterocycles. The van der Waals surface area contributed by atoms with Gasteiger partial charge in [-0.2, -0.15) is 0 Å². The molecule has 1 fully saturated rings. The molecule has 0 N–H and O–H groups in total. The van der Waals surface area contributed by atoms with Crippen LogP contribution in [0.25, 0.3) is 0 Å². The molecule has 0 bridgehead atoms. The number of likely N-dealkylation sites (tertiary alicyclic amines) is 1. The molecule has 1 unspecified atom stereocenters. The second-order valence-corrected chi connectivity index (χ2v) is 7.95. The minimum absolute atomic E-state index is 0.108. The number of carbonyl (C=O) groups is 1. The van der Waals surface area contributed by atoms with Crippen LogP contribution in [-0.4, -0.2) is 34.3 Å². The Morgan fingerprint density at radius 3 is 2.44 bits per heavy atom. The lowest BCUT2D eigenvalue weighted by Crippen LogP contribution is -2.42. The third kappa shape index (κ3) is 4.62. The van der Waals surface area contributed by atoms with Gasteiger partial charge in [0.25, 0.3) is 5.91 Å². The van der Waals surface area contributed by atoms with Crippen molar-refractivity contribution in [3.8, 4) is 0 Å². The normalized spacial score (nSPS) is 18.2. The van der Waals surface area contributed by atoms with E-state index < -0.39 is 0 Å². The van der Waals surface area contributed by atoms with Gasteiger partial charge in [-0.05, 0) is 77.3 Å². The first kappa shape index (κ1) is 19.7. The fourth-order valence-electron chi connectivity index (χ4n) is 4.05. The van der Waals surface area contributed by atoms with Crippen molar-refractivity contribution in [1.82, 2.24) is 9.80 Å². The zero-order chi connectivity index (χ0) is 19.4. The van der Waals surface area contributed by atoms with Gasteiger partial charge in [-0.25, -0.2) is 0 Å². The molecule has 145 valence electrons. The van der Waals surface area contributed by atoms with Gasteiger partial charge in [0.15, 0.2) is 0 Å². The van der Waals surface area contributed by atoms with E-state index in [4.69, 9.17) is 4.42 Å². The average Bonchev–Trinajstić information content (AvgIpc) is 3.15. The lowest BCUT2D eigenvalue weighted by atomic mass is 9.94. The Balaban J connectivity index is 1.76. The molecule has 1 aliphatic rings. The van der Waals surface area contributed by atoms with Crippen molar-refractivity contribution in [1.29, 1.82) is 0 Å². The smallest absolute Gasteiger partial charge is 0.254 e. The van der Waals surface area contributed by atoms with Gasteiger partial charge in [0, 0.05) is 35.8 Å². The second-order valence-electron chi connectivity index (χ2n) is 7.95. The van der Waals surface area contributed by atoms with Gasteiger partial charge in [-0.1, -0.05) is 12.1 Å². The maximum Gasteiger partial charge on any atom is 0.254 e. The number of carbonyl (C=O) groups excluding carboxylic acids is 1. The summed E-state index contributed by atoms with van der Waals surface area (Å²) in [6.07, 6.45) is 8.08. The lowest BCUT2D eigenvalue weighted by Gasteiger charge is -2.36. The number of piperidine rings is 1. The minimum Gasteiger partial charge on any atom is -0.472 e. The molecule has 1 radical (unpaired) electrons. The molecule has 3 rings (SSSR count). The highest BCUT2D eigenvalue weighted by Crippen LogP contribution is 2.32. The summed E-state index contributed by atoms with van der Waals surface area (Å²) in [6.45, 7) is 10.2. The third-order valence-corrected chi connectivity index (χ3v) is 5.31. The number of amides is 1. The van der Waals surface area contributed by atoms with Gasteiger partial charge in [0.1, 0.15) is 0 Å². The summed E-state index contributed by atoms with van der Waals surface area (Å²) in [7, 11) is 0. The van der Waals surface area contributed by atoms with Crippen molar-refractivity contribution in [3.63, 3.8) is 0 Å². The molecule has 1 aromatic carbocycles. The van der Waals surface area contributed by atoms with Gasteiger partial charge in [0.05, 0.1) is 12.5 Å². The molecular formula is C23H31N2O2. The van der Waals surface area contributed by atoms with E-state index in [1.165, 1.54) is 11.1 Å². The first-order valence-electron chi connectivity index (χ1n) is 9.96. The molecule has 4 nitrogen and oxygen atoms in total.